The smallest absolute Gasteiger partial charge is 0.189 e. The van der Waals surface area contributed by atoms with Gasteiger partial charge in [0, 0.05) is 23.2 Å². The maximum atomic E-state index is 10.8. The van der Waals surface area contributed by atoms with E-state index in [2.05, 4.69) is 46.3 Å². The summed E-state index contributed by atoms with van der Waals surface area (Å²) in [7, 11) is 0. The Hall–Kier alpha value is -3.24. The first-order valence-corrected chi connectivity index (χ1v) is 10.1. The molecule has 4 aromatic rings. The number of carbonyl (C=O) groups is 1. The van der Waals surface area contributed by atoms with Crippen LogP contribution in [-0.4, -0.2) is 17.4 Å². The van der Waals surface area contributed by atoms with Crippen molar-refractivity contribution in [3.05, 3.63) is 106 Å². The number of nitrogens with zero attached hydrogens (tertiary/aromatic N) is 2. The summed E-state index contributed by atoms with van der Waals surface area (Å²) in [6.07, 6.45) is 1.71. The van der Waals surface area contributed by atoms with Crippen LogP contribution in [0.1, 0.15) is 15.9 Å². The number of rotatable bonds is 6. The molecule has 4 heteroatoms. The molecule has 0 radical (unpaired) electrons. The van der Waals surface area contributed by atoms with Gasteiger partial charge in [-0.2, -0.15) is 0 Å². The molecule has 0 atom stereocenters. The maximum Gasteiger partial charge on any atom is 0.189 e. The van der Waals surface area contributed by atoms with Gasteiger partial charge in [0.1, 0.15) is 6.29 Å². The summed E-state index contributed by atoms with van der Waals surface area (Å²) in [6, 6.07) is 28.4. The maximum absolute atomic E-state index is 10.8. The first-order valence-electron chi connectivity index (χ1n) is 9.21. The Labute approximate surface area is 168 Å². The van der Waals surface area contributed by atoms with Crippen molar-refractivity contribution < 1.29 is 4.79 Å². The molecule has 0 aliphatic heterocycles. The van der Waals surface area contributed by atoms with Crippen molar-refractivity contribution in [1.82, 2.24) is 4.57 Å². The zero-order valence-electron chi connectivity index (χ0n) is 15.4. The van der Waals surface area contributed by atoms with Crippen LogP contribution in [0.3, 0.4) is 0 Å². The molecule has 1 aromatic heterocycles. The summed E-state index contributed by atoms with van der Waals surface area (Å²) in [5, 5.41) is 2.17. The molecule has 0 saturated carbocycles. The Morgan fingerprint density at radius 3 is 2.21 bits per heavy atom. The van der Waals surface area contributed by atoms with Crippen molar-refractivity contribution in [2.24, 2.45) is 4.99 Å². The van der Waals surface area contributed by atoms with Crippen molar-refractivity contribution in [3.63, 3.8) is 0 Å². The fourth-order valence-corrected chi connectivity index (χ4v) is 4.03. The van der Waals surface area contributed by atoms with Crippen LogP contribution >= 0.6 is 11.3 Å². The highest BCUT2D eigenvalue weighted by atomic mass is 32.1. The van der Waals surface area contributed by atoms with Crippen LogP contribution in [0, 0.1) is 0 Å². The standard InChI is InChI=1S/C24H20N2OS/c27-17-20-13-11-19(12-14-20)15-16-25-24-26(22-9-5-2-6-10-22)23(18-28-24)21-7-3-1-4-8-21/h1-14,17-18H,15-16H2. The van der Waals surface area contributed by atoms with Crippen LogP contribution < -0.4 is 4.80 Å². The quantitative estimate of drug-likeness (QED) is 0.423. The summed E-state index contributed by atoms with van der Waals surface area (Å²) in [5.74, 6) is 0. The number of aldehydes is 1. The van der Waals surface area contributed by atoms with E-state index in [1.165, 1.54) is 11.1 Å². The van der Waals surface area contributed by atoms with Gasteiger partial charge in [-0.3, -0.25) is 14.4 Å². The van der Waals surface area contributed by atoms with Crippen molar-refractivity contribution in [2.45, 2.75) is 6.42 Å². The van der Waals surface area contributed by atoms with Gasteiger partial charge in [-0.15, -0.1) is 11.3 Å². The van der Waals surface area contributed by atoms with Gasteiger partial charge in [0.05, 0.1) is 5.69 Å². The first-order chi connectivity index (χ1) is 13.8. The van der Waals surface area contributed by atoms with Crippen LogP contribution in [-0.2, 0) is 6.42 Å². The lowest BCUT2D eigenvalue weighted by molar-refractivity contribution is 0.112. The second-order valence-electron chi connectivity index (χ2n) is 6.43. The van der Waals surface area contributed by atoms with Crippen LogP contribution in [0.5, 0.6) is 0 Å². The monoisotopic (exact) mass is 384 g/mol. The largest absolute Gasteiger partial charge is 0.298 e. The summed E-state index contributed by atoms with van der Waals surface area (Å²) in [5.41, 5.74) is 5.31. The highest BCUT2D eigenvalue weighted by molar-refractivity contribution is 7.07. The Morgan fingerprint density at radius 1 is 0.857 bits per heavy atom. The molecule has 0 saturated heterocycles. The molecule has 0 aliphatic carbocycles. The van der Waals surface area contributed by atoms with Crippen molar-refractivity contribution in [1.29, 1.82) is 0 Å². The van der Waals surface area contributed by atoms with Crippen LogP contribution in [0.15, 0.2) is 95.3 Å². The number of aromatic nitrogens is 1. The number of benzene rings is 3. The van der Waals surface area contributed by atoms with E-state index in [1.54, 1.807) is 11.3 Å². The fraction of sp³-hybridized carbons (Fsp3) is 0.0833. The second kappa shape index (κ2) is 8.63. The van der Waals surface area contributed by atoms with E-state index in [0.717, 1.165) is 28.9 Å². The Bertz CT molecular complexity index is 1110. The third kappa shape index (κ3) is 4.02. The van der Waals surface area contributed by atoms with Gasteiger partial charge >= 0.3 is 0 Å². The van der Waals surface area contributed by atoms with Gasteiger partial charge in [0.15, 0.2) is 4.80 Å². The molecule has 0 spiro atoms. The van der Waals surface area contributed by atoms with Crippen molar-refractivity contribution >= 4 is 17.6 Å². The molecule has 0 unspecified atom stereocenters. The Morgan fingerprint density at radius 2 is 1.54 bits per heavy atom. The lowest BCUT2D eigenvalue weighted by atomic mass is 10.1. The van der Waals surface area contributed by atoms with E-state index in [-0.39, 0.29) is 0 Å². The molecular formula is C24H20N2OS. The lowest BCUT2D eigenvalue weighted by Gasteiger charge is -2.09. The molecule has 138 valence electrons. The van der Waals surface area contributed by atoms with Gasteiger partial charge in [-0.25, -0.2) is 0 Å². The van der Waals surface area contributed by atoms with Crippen LogP contribution in [0.2, 0.25) is 0 Å². The van der Waals surface area contributed by atoms with Gasteiger partial charge in [-0.1, -0.05) is 72.8 Å². The molecule has 3 nitrogen and oxygen atoms in total. The van der Waals surface area contributed by atoms with E-state index in [1.807, 2.05) is 48.5 Å². The minimum Gasteiger partial charge on any atom is -0.298 e. The average Bonchev–Trinajstić information content (AvgIpc) is 3.19. The van der Waals surface area contributed by atoms with E-state index >= 15 is 0 Å². The fourth-order valence-electron chi connectivity index (χ4n) is 3.10. The SMILES string of the molecule is O=Cc1ccc(CCN=c2scc(-c3ccccc3)n2-c2ccccc2)cc1. The van der Waals surface area contributed by atoms with Gasteiger partial charge in [0.2, 0.25) is 0 Å². The third-order valence-electron chi connectivity index (χ3n) is 4.56. The molecule has 0 N–H and O–H groups in total. The molecule has 0 amide bonds. The van der Waals surface area contributed by atoms with Crippen LogP contribution in [0.25, 0.3) is 16.9 Å². The molecule has 4 rings (SSSR count). The highest BCUT2D eigenvalue weighted by Gasteiger charge is 2.09. The van der Waals surface area contributed by atoms with Crippen LogP contribution in [0.4, 0.5) is 0 Å². The minimum atomic E-state index is 0.696. The van der Waals surface area contributed by atoms with E-state index in [9.17, 15) is 4.79 Å². The molecule has 1 heterocycles. The molecule has 0 fully saturated rings. The number of para-hydroxylation sites is 1. The zero-order chi connectivity index (χ0) is 19.2. The van der Waals surface area contributed by atoms with Gasteiger partial charge in [0.25, 0.3) is 0 Å². The number of carbonyl (C=O) groups excluding carboxylic acids is 1. The predicted octanol–water partition coefficient (Wildman–Crippen LogP) is 5.16. The summed E-state index contributed by atoms with van der Waals surface area (Å²) in [6.45, 7) is 0.696. The topological polar surface area (TPSA) is 34.4 Å². The Balaban J connectivity index is 1.67. The van der Waals surface area contributed by atoms with E-state index < -0.39 is 0 Å². The Kier molecular flexibility index (Phi) is 5.59. The van der Waals surface area contributed by atoms with Gasteiger partial charge in [-0.05, 0) is 29.7 Å². The van der Waals surface area contributed by atoms with Crippen molar-refractivity contribution in [3.8, 4) is 16.9 Å². The van der Waals surface area contributed by atoms with E-state index in [4.69, 9.17) is 4.99 Å². The zero-order valence-corrected chi connectivity index (χ0v) is 16.2. The lowest BCUT2D eigenvalue weighted by Crippen LogP contribution is -2.15. The summed E-state index contributed by atoms with van der Waals surface area (Å²) in [4.78, 5) is 16.6. The number of hydrogen-bond acceptors (Lipinski definition) is 3. The summed E-state index contributed by atoms with van der Waals surface area (Å²) < 4.78 is 2.22. The molecule has 3 aromatic carbocycles. The number of hydrogen-bond donors (Lipinski definition) is 0. The highest BCUT2D eigenvalue weighted by Crippen LogP contribution is 2.23. The average molecular weight is 385 g/mol. The third-order valence-corrected chi connectivity index (χ3v) is 5.42. The minimum absolute atomic E-state index is 0.696. The molecule has 28 heavy (non-hydrogen) atoms. The molecule has 0 aliphatic rings. The second-order valence-corrected chi connectivity index (χ2v) is 7.27. The van der Waals surface area contributed by atoms with Gasteiger partial charge < -0.3 is 0 Å². The molecule has 0 bridgehead atoms. The summed E-state index contributed by atoms with van der Waals surface area (Å²) >= 11 is 1.66. The van der Waals surface area contributed by atoms with E-state index in [0.29, 0.717) is 12.1 Å². The number of thiazole rings is 1. The first kappa shape index (κ1) is 18.1. The molecular weight excluding hydrogens is 364 g/mol. The predicted molar refractivity (Wildman–Crippen MR) is 115 cm³/mol. The van der Waals surface area contributed by atoms with Crippen molar-refractivity contribution in [2.75, 3.05) is 6.54 Å². The normalized spacial score (nSPS) is 11.5.